The first-order valence-electron chi connectivity index (χ1n) is 9.10. The molecular formula is C22H16FN3O3S. The van der Waals surface area contributed by atoms with Gasteiger partial charge in [-0.25, -0.2) is 9.37 Å². The number of fused-ring (bicyclic) bond motifs is 1. The van der Waals surface area contributed by atoms with E-state index in [0.29, 0.717) is 15.3 Å². The number of aromatic nitrogens is 1. The Kier molecular flexibility index (Phi) is 5.24. The molecule has 3 aromatic carbocycles. The quantitative estimate of drug-likeness (QED) is 0.315. The minimum atomic E-state index is -0.506. The van der Waals surface area contributed by atoms with Crippen molar-refractivity contribution in [3.63, 3.8) is 0 Å². The highest BCUT2D eigenvalue weighted by Crippen LogP contribution is 2.32. The Bertz CT molecular complexity index is 1260. The number of nitro groups is 1. The first kappa shape index (κ1) is 19.7. The van der Waals surface area contributed by atoms with Crippen LogP contribution >= 0.6 is 11.3 Å². The minimum Gasteiger partial charge on any atom is -0.279 e. The topological polar surface area (TPSA) is 76.3 Å². The molecule has 1 heterocycles. The van der Waals surface area contributed by atoms with E-state index in [1.807, 2.05) is 30.3 Å². The van der Waals surface area contributed by atoms with Gasteiger partial charge in [-0.05, 0) is 36.8 Å². The Morgan fingerprint density at radius 3 is 2.63 bits per heavy atom. The summed E-state index contributed by atoms with van der Waals surface area (Å²) in [4.78, 5) is 30.3. The van der Waals surface area contributed by atoms with Crippen LogP contribution in [0, 0.1) is 22.9 Å². The van der Waals surface area contributed by atoms with Crippen LogP contribution in [0.5, 0.6) is 0 Å². The molecule has 8 heteroatoms. The van der Waals surface area contributed by atoms with Gasteiger partial charge in [-0.1, -0.05) is 47.7 Å². The maximum absolute atomic E-state index is 13.6. The van der Waals surface area contributed by atoms with E-state index in [-0.39, 0.29) is 29.2 Å². The number of thiazole rings is 1. The lowest BCUT2D eigenvalue weighted by atomic mass is 10.1. The van der Waals surface area contributed by atoms with Gasteiger partial charge in [-0.2, -0.15) is 0 Å². The molecular weight excluding hydrogens is 405 g/mol. The van der Waals surface area contributed by atoms with Crippen molar-refractivity contribution in [2.45, 2.75) is 13.5 Å². The molecule has 0 aliphatic carbocycles. The molecule has 0 aliphatic heterocycles. The molecule has 1 aromatic heterocycles. The average Bonchev–Trinajstić information content (AvgIpc) is 3.15. The standard InChI is InChI=1S/C22H16FN3O3S/c1-14-17(8-5-9-19(14)26(28)29)21(27)25(13-15-6-3-2-4-7-15)22-24-18-11-10-16(23)12-20(18)30-22/h2-12H,13H2,1H3. The van der Waals surface area contributed by atoms with Gasteiger partial charge in [-0.15, -0.1) is 0 Å². The molecule has 0 saturated heterocycles. The van der Waals surface area contributed by atoms with Crippen molar-refractivity contribution in [1.29, 1.82) is 0 Å². The van der Waals surface area contributed by atoms with Crippen molar-refractivity contribution in [3.05, 3.63) is 99.4 Å². The van der Waals surface area contributed by atoms with Gasteiger partial charge in [-0.3, -0.25) is 19.8 Å². The maximum atomic E-state index is 13.6. The number of hydrogen-bond acceptors (Lipinski definition) is 5. The molecule has 0 bridgehead atoms. The number of benzene rings is 3. The number of rotatable bonds is 5. The fraction of sp³-hybridized carbons (Fsp3) is 0.0909. The van der Waals surface area contributed by atoms with Crippen LogP contribution in [-0.4, -0.2) is 15.8 Å². The van der Waals surface area contributed by atoms with Gasteiger partial charge in [0.25, 0.3) is 11.6 Å². The lowest BCUT2D eigenvalue weighted by molar-refractivity contribution is -0.385. The zero-order valence-electron chi connectivity index (χ0n) is 15.9. The van der Waals surface area contributed by atoms with E-state index in [9.17, 15) is 19.3 Å². The molecule has 0 spiro atoms. The average molecular weight is 421 g/mol. The van der Waals surface area contributed by atoms with Crippen LogP contribution in [0.25, 0.3) is 10.2 Å². The summed E-state index contributed by atoms with van der Waals surface area (Å²) in [5.41, 5.74) is 1.85. The van der Waals surface area contributed by atoms with Gasteiger partial charge in [0, 0.05) is 17.2 Å². The normalized spacial score (nSPS) is 10.9. The zero-order chi connectivity index (χ0) is 21.3. The molecule has 4 aromatic rings. The lowest BCUT2D eigenvalue weighted by Crippen LogP contribution is -2.31. The van der Waals surface area contributed by atoms with Gasteiger partial charge in [0.15, 0.2) is 5.13 Å². The number of hydrogen-bond donors (Lipinski definition) is 0. The summed E-state index contributed by atoms with van der Waals surface area (Å²) in [5.74, 6) is -0.784. The van der Waals surface area contributed by atoms with Crippen LogP contribution in [0.1, 0.15) is 21.5 Å². The molecule has 0 radical (unpaired) electrons. The van der Waals surface area contributed by atoms with Crippen LogP contribution in [0.2, 0.25) is 0 Å². The zero-order valence-corrected chi connectivity index (χ0v) is 16.7. The highest BCUT2D eigenvalue weighted by molar-refractivity contribution is 7.22. The summed E-state index contributed by atoms with van der Waals surface area (Å²) < 4.78 is 14.2. The smallest absolute Gasteiger partial charge is 0.273 e. The molecule has 0 saturated carbocycles. The van der Waals surface area contributed by atoms with E-state index in [2.05, 4.69) is 4.98 Å². The van der Waals surface area contributed by atoms with Gasteiger partial charge < -0.3 is 0 Å². The van der Waals surface area contributed by atoms with E-state index >= 15 is 0 Å². The summed E-state index contributed by atoms with van der Waals surface area (Å²) in [7, 11) is 0. The van der Waals surface area contributed by atoms with Crippen molar-refractivity contribution in [3.8, 4) is 0 Å². The van der Waals surface area contributed by atoms with E-state index in [4.69, 9.17) is 0 Å². The number of amides is 1. The van der Waals surface area contributed by atoms with Crippen molar-refractivity contribution in [1.82, 2.24) is 4.98 Å². The van der Waals surface area contributed by atoms with E-state index in [1.165, 1.54) is 40.5 Å². The Morgan fingerprint density at radius 1 is 1.13 bits per heavy atom. The van der Waals surface area contributed by atoms with Gasteiger partial charge in [0.2, 0.25) is 0 Å². The Balaban J connectivity index is 1.81. The molecule has 30 heavy (non-hydrogen) atoms. The van der Waals surface area contributed by atoms with E-state index in [0.717, 1.165) is 5.56 Å². The summed E-state index contributed by atoms with van der Waals surface area (Å²) in [6.07, 6.45) is 0. The summed E-state index contributed by atoms with van der Waals surface area (Å²) >= 11 is 1.20. The molecule has 0 N–H and O–H groups in total. The van der Waals surface area contributed by atoms with Gasteiger partial charge >= 0.3 is 0 Å². The molecule has 150 valence electrons. The van der Waals surface area contributed by atoms with Crippen LogP contribution in [-0.2, 0) is 6.54 Å². The second-order valence-corrected chi connectivity index (χ2v) is 7.70. The SMILES string of the molecule is Cc1c(C(=O)N(Cc2ccccc2)c2nc3ccc(F)cc3s2)cccc1[N+](=O)[O-]. The fourth-order valence-corrected chi connectivity index (χ4v) is 4.18. The fourth-order valence-electron chi connectivity index (χ4n) is 3.19. The lowest BCUT2D eigenvalue weighted by Gasteiger charge is -2.21. The maximum Gasteiger partial charge on any atom is 0.273 e. The van der Waals surface area contributed by atoms with Crippen LogP contribution in [0.15, 0.2) is 66.7 Å². The highest BCUT2D eigenvalue weighted by atomic mass is 32.1. The second-order valence-electron chi connectivity index (χ2n) is 6.69. The monoisotopic (exact) mass is 421 g/mol. The van der Waals surface area contributed by atoms with E-state index in [1.54, 1.807) is 19.1 Å². The van der Waals surface area contributed by atoms with E-state index < -0.39 is 10.8 Å². The predicted octanol–water partition coefficient (Wildman–Crippen LogP) is 5.50. The Labute approximate surface area is 175 Å². The van der Waals surface area contributed by atoms with Gasteiger partial charge in [0.05, 0.1) is 21.7 Å². The second kappa shape index (κ2) is 8.00. The number of carbonyl (C=O) groups excluding carboxylic acids is 1. The molecule has 1 amide bonds. The molecule has 0 aliphatic rings. The number of nitrogens with zero attached hydrogens (tertiary/aromatic N) is 3. The predicted molar refractivity (Wildman–Crippen MR) is 114 cm³/mol. The summed E-state index contributed by atoms with van der Waals surface area (Å²) in [5, 5.41) is 11.7. The van der Waals surface area contributed by atoms with Crippen LogP contribution < -0.4 is 4.90 Å². The third-order valence-electron chi connectivity index (χ3n) is 4.73. The third kappa shape index (κ3) is 3.77. The largest absolute Gasteiger partial charge is 0.279 e. The highest BCUT2D eigenvalue weighted by Gasteiger charge is 2.26. The first-order valence-corrected chi connectivity index (χ1v) is 9.91. The molecule has 0 atom stereocenters. The van der Waals surface area contributed by atoms with Crippen molar-refractivity contribution >= 4 is 38.3 Å². The number of halogens is 1. The molecule has 0 fully saturated rings. The van der Waals surface area contributed by atoms with Crippen molar-refractivity contribution in [2.24, 2.45) is 0 Å². The molecule has 4 rings (SSSR count). The Morgan fingerprint density at radius 2 is 1.90 bits per heavy atom. The van der Waals surface area contributed by atoms with Crippen LogP contribution in [0.4, 0.5) is 15.2 Å². The van der Waals surface area contributed by atoms with Crippen LogP contribution in [0.3, 0.4) is 0 Å². The minimum absolute atomic E-state index is 0.119. The summed E-state index contributed by atoms with van der Waals surface area (Å²) in [6, 6.07) is 18.1. The summed E-state index contributed by atoms with van der Waals surface area (Å²) in [6.45, 7) is 1.78. The molecule has 6 nitrogen and oxygen atoms in total. The van der Waals surface area contributed by atoms with Crippen molar-refractivity contribution < 1.29 is 14.1 Å². The Hall–Kier alpha value is -3.65. The first-order chi connectivity index (χ1) is 14.4. The number of anilines is 1. The molecule has 0 unspecified atom stereocenters. The number of carbonyl (C=O) groups is 1. The van der Waals surface area contributed by atoms with Gasteiger partial charge in [0.1, 0.15) is 5.82 Å². The number of nitro benzene ring substituents is 1. The van der Waals surface area contributed by atoms with Crippen molar-refractivity contribution in [2.75, 3.05) is 4.90 Å². The third-order valence-corrected chi connectivity index (χ3v) is 5.77.